The molecule has 1 heterocycles. The minimum atomic E-state index is -0.297. The Balaban J connectivity index is 1.82. The van der Waals surface area contributed by atoms with Crippen LogP contribution in [0.2, 0.25) is 5.02 Å². The molecule has 0 spiro atoms. The van der Waals surface area contributed by atoms with Crippen LogP contribution < -0.4 is 5.32 Å². The van der Waals surface area contributed by atoms with E-state index in [2.05, 4.69) is 15.5 Å². The van der Waals surface area contributed by atoms with Crippen LogP contribution in [-0.2, 0) is 10.3 Å². The molecule has 1 aromatic heterocycles. The van der Waals surface area contributed by atoms with Crippen LogP contribution in [0.1, 0.15) is 56.1 Å². The Bertz CT molecular complexity index is 680. The van der Waals surface area contributed by atoms with Gasteiger partial charge in [0.15, 0.2) is 0 Å². The fourth-order valence-electron chi connectivity index (χ4n) is 3.60. The van der Waals surface area contributed by atoms with Crippen LogP contribution in [-0.4, -0.2) is 16.1 Å². The van der Waals surface area contributed by atoms with E-state index >= 15 is 0 Å². The topological polar surface area (TPSA) is 54.9 Å². The van der Waals surface area contributed by atoms with Crippen molar-refractivity contribution in [3.63, 3.8) is 0 Å². The SMILES string of the molecule is CCC(=O)NC1(c2ccc(Cl)cc2)CCC(c2ccnnc2)CC1. The van der Waals surface area contributed by atoms with Gasteiger partial charge in [-0.05, 0) is 60.9 Å². The summed E-state index contributed by atoms with van der Waals surface area (Å²) >= 11 is 6.03. The molecule has 2 aromatic rings. The van der Waals surface area contributed by atoms with Crippen LogP contribution >= 0.6 is 11.6 Å². The van der Waals surface area contributed by atoms with Crippen LogP contribution in [0.4, 0.5) is 0 Å². The molecule has 1 N–H and O–H groups in total. The minimum absolute atomic E-state index is 0.0916. The number of amides is 1. The van der Waals surface area contributed by atoms with Crippen molar-refractivity contribution in [2.75, 3.05) is 0 Å². The first kappa shape index (κ1) is 16.9. The first-order valence-corrected chi connectivity index (χ1v) is 8.84. The average molecular weight is 344 g/mol. The van der Waals surface area contributed by atoms with Crippen LogP contribution in [0.5, 0.6) is 0 Å². The third-order valence-corrected chi connectivity index (χ3v) is 5.27. The van der Waals surface area contributed by atoms with Crippen LogP contribution in [0.25, 0.3) is 0 Å². The van der Waals surface area contributed by atoms with Gasteiger partial charge in [-0.25, -0.2) is 0 Å². The molecule has 126 valence electrons. The van der Waals surface area contributed by atoms with Crippen molar-refractivity contribution in [1.29, 1.82) is 0 Å². The molecule has 0 bridgehead atoms. The molecule has 1 aromatic carbocycles. The molecule has 1 aliphatic rings. The number of halogens is 1. The molecular formula is C19H22ClN3O. The van der Waals surface area contributed by atoms with Crippen molar-refractivity contribution in [3.05, 3.63) is 58.9 Å². The predicted octanol–water partition coefficient (Wildman–Crippen LogP) is 4.21. The number of rotatable bonds is 4. The Morgan fingerprint density at radius 2 is 1.92 bits per heavy atom. The summed E-state index contributed by atoms with van der Waals surface area (Å²) < 4.78 is 0. The summed E-state index contributed by atoms with van der Waals surface area (Å²) in [5.74, 6) is 0.563. The normalized spacial score (nSPS) is 23.7. The molecule has 1 aliphatic carbocycles. The zero-order valence-corrected chi connectivity index (χ0v) is 14.6. The Kier molecular flexibility index (Phi) is 5.14. The third-order valence-electron chi connectivity index (χ3n) is 5.01. The molecule has 1 amide bonds. The summed E-state index contributed by atoms with van der Waals surface area (Å²) in [6.45, 7) is 1.89. The van der Waals surface area contributed by atoms with E-state index in [1.165, 1.54) is 5.56 Å². The fourth-order valence-corrected chi connectivity index (χ4v) is 3.72. The number of carbonyl (C=O) groups excluding carboxylic acids is 1. The molecule has 0 aliphatic heterocycles. The number of hydrogen-bond donors (Lipinski definition) is 1. The second kappa shape index (κ2) is 7.31. The predicted molar refractivity (Wildman–Crippen MR) is 94.8 cm³/mol. The van der Waals surface area contributed by atoms with Gasteiger partial charge in [-0.15, -0.1) is 0 Å². The fraction of sp³-hybridized carbons (Fsp3) is 0.421. The Morgan fingerprint density at radius 3 is 2.50 bits per heavy atom. The summed E-state index contributed by atoms with van der Waals surface area (Å²) in [4.78, 5) is 12.1. The highest BCUT2D eigenvalue weighted by Gasteiger charge is 2.38. The Morgan fingerprint density at radius 1 is 1.21 bits per heavy atom. The molecule has 0 atom stereocenters. The lowest BCUT2D eigenvalue weighted by atomic mass is 9.71. The minimum Gasteiger partial charge on any atom is -0.347 e. The quantitative estimate of drug-likeness (QED) is 0.904. The average Bonchev–Trinajstić information content (AvgIpc) is 2.63. The highest BCUT2D eigenvalue weighted by molar-refractivity contribution is 6.30. The van der Waals surface area contributed by atoms with Crippen molar-refractivity contribution in [2.45, 2.75) is 50.5 Å². The molecule has 24 heavy (non-hydrogen) atoms. The standard InChI is InChI=1S/C19H22ClN3O/c1-2-18(24)23-19(16-3-5-17(20)6-4-16)10-7-14(8-11-19)15-9-12-21-22-13-15/h3-6,9,12-14H,2,7-8,10-11H2,1H3,(H,23,24). The molecule has 0 saturated heterocycles. The lowest BCUT2D eigenvalue weighted by Crippen LogP contribution is -2.47. The molecule has 0 unspecified atom stereocenters. The zero-order valence-electron chi connectivity index (χ0n) is 13.8. The van der Waals surface area contributed by atoms with Crippen molar-refractivity contribution in [2.24, 2.45) is 0 Å². The summed E-state index contributed by atoms with van der Waals surface area (Å²) in [5, 5.41) is 11.8. The van der Waals surface area contributed by atoms with Crippen molar-refractivity contribution >= 4 is 17.5 Å². The molecule has 1 fully saturated rings. The molecule has 1 saturated carbocycles. The number of aromatic nitrogens is 2. The number of benzene rings is 1. The molecule has 5 heteroatoms. The number of carbonyl (C=O) groups is 1. The first-order chi connectivity index (χ1) is 11.6. The summed E-state index contributed by atoms with van der Waals surface area (Å²) in [7, 11) is 0. The lowest BCUT2D eigenvalue weighted by Gasteiger charge is -2.41. The maximum absolute atomic E-state index is 12.1. The van der Waals surface area contributed by atoms with Crippen molar-refractivity contribution in [1.82, 2.24) is 15.5 Å². The number of nitrogens with zero attached hydrogens (tertiary/aromatic N) is 2. The highest BCUT2D eigenvalue weighted by Crippen LogP contribution is 2.43. The van der Waals surface area contributed by atoms with Gasteiger partial charge in [0.05, 0.1) is 11.7 Å². The second-order valence-electron chi connectivity index (χ2n) is 6.44. The monoisotopic (exact) mass is 343 g/mol. The van der Waals surface area contributed by atoms with Gasteiger partial charge in [-0.3, -0.25) is 4.79 Å². The Labute approximate surface area is 147 Å². The smallest absolute Gasteiger partial charge is 0.220 e. The number of nitrogens with one attached hydrogen (secondary N) is 1. The van der Waals surface area contributed by atoms with E-state index in [4.69, 9.17) is 11.6 Å². The van der Waals surface area contributed by atoms with E-state index in [1.54, 1.807) is 6.20 Å². The maximum Gasteiger partial charge on any atom is 0.220 e. The van der Waals surface area contributed by atoms with E-state index in [0.29, 0.717) is 17.4 Å². The number of hydrogen-bond acceptors (Lipinski definition) is 3. The summed E-state index contributed by atoms with van der Waals surface area (Å²) in [6, 6.07) is 9.90. The molecule has 4 nitrogen and oxygen atoms in total. The summed E-state index contributed by atoms with van der Waals surface area (Å²) in [5.41, 5.74) is 2.07. The first-order valence-electron chi connectivity index (χ1n) is 8.46. The van der Waals surface area contributed by atoms with Gasteiger partial charge >= 0.3 is 0 Å². The van der Waals surface area contributed by atoms with Gasteiger partial charge in [0.25, 0.3) is 0 Å². The molecule has 0 radical (unpaired) electrons. The zero-order chi connectivity index (χ0) is 17.0. The van der Waals surface area contributed by atoms with Crippen LogP contribution in [0.3, 0.4) is 0 Å². The van der Waals surface area contributed by atoms with Crippen molar-refractivity contribution in [3.8, 4) is 0 Å². The maximum atomic E-state index is 12.1. The molecular weight excluding hydrogens is 322 g/mol. The highest BCUT2D eigenvalue weighted by atomic mass is 35.5. The van der Waals surface area contributed by atoms with Crippen LogP contribution in [0, 0.1) is 0 Å². The Hall–Kier alpha value is -1.94. The largest absolute Gasteiger partial charge is 0.347 e. The van der Waals surface area contributed by atoms with Gasteiger partial charge < -0.3 is 5.32 Å². The van der Waals surface area contributed by atoms with E-state index in [9.17, 15) is 4.79 Å². The summed E-state index contributed by atoms with van der Waals surface area (Å²) in [6.07, 6.45) is 7.93. The van der Waals surface area contributed by atoms with E-state index in [-0.39, 0.29) is 11.4 Å². The lowest BCUT2D eigenvalue weighted by molar-refractivity contribution is -0.123. The van der Waals surface area contributed by atoms with Gasteiger partial charge in [0.1, 0.15) is 0 Å². The second-order valence-corrected chi connectivity index (χ2v) is 6.88. The van der Waals surface area contributed by atoms with E-state index < -0.39 is 0 Å². The van der Waals surface area contributed by atoms with E-state index in [0.717, 1.165) is 31.2 Å². The van der Waals surface area contributed by atoms with Gasteiger partial charge in [0, 0.05) is 17.6 Å². The van der Waals surface area contributed by atoms with E-state index in [1.807, 2.05) is 43.5 Å². The van der Waals surface area contributed by atoms with Crippen LogP contribution in [0.15, 0.2) is 42.7 Å². The van der Waals surface area contributed by atoms with Gasteiger partial charge in [0.2, 0.25) is 5.91 Å². The van der Waals surface area contributed by atoms with Crippen molar-refractivity contribution < 1.29 is 4.79 Å². The third kappa shape index (κ3) is 3.59. The molecule has 3 rings (SSSR count). The van der Waals surface area contributed by atoms with Gasteiger partial charge in [-0.2, -0.15) is 10.2 Å². The van der Waals surface area contributed by atoms with Gasteiger partial charge in [-0.1, -0.05) is 30.7 Å².